The van der Waals surface area contributed by atoms with Crippen LogP contribution in [0.1, 0.15) is 23.4 Å². The Kier molecular flexibility index (Phi) is 4.46. The monoisotopic (exact) mass is 285 g/mol. The minimum absolute atomic E-state index is 0.273. The average Bonchev–Trinajstić information content (AvgIpc) is 2.72. The van der Waals surface area contributed by atoms with Gasteiger partial charge in [0.05, 0.1) is 4.34 Å². The standard InChI is InChI=1S/C13H13Cl2NS/c1-9(10-3-2-4-11(14)7-10)16-8-12-5-6-13(15)17-12/h2-7,9,16H,8H2,1H3/t9-/m0/s1. The van der Waals surface area contributed by atoms with E-state index in [4.69, 9.17) is 23.2 Å². The fourth-order valence-electron chi connectivity index (χ4n) is 1.59. The van der Waals surface area contributed by atoms with Crippen LogP contribution in [-0.4, -0.2) is 0 Å². The molecule has 0 aliphatic carbocycles. The molecule has 2 rings (SSSR count). The number of nitrogens with one attached hydrogen (secondary N) is 1. The van der Waals surface area contributed by atoms with Crippen molar-refractivity contribution in [3.63, 3.8) is 0 Å². The Morgan fingerprint density at radius 1 is 1.24 bits per heavy atom. The summed E-state index contributed by atoms with van der Waals surface area (Å²) in [7, 11) is 0. The molecule has 0 fully saturated rings. The fourth-order valence-corrected chi connectivity index (χ4v) is 2.83. The normalized spacial score (nSPS) is 12.6. The first-order chi connectivity index (χ1) is 8.15. The molecule has 0 radical (unpaired) electrons. The Hall–Kier alpha value is -0.540. The van der Waals surface area contributed by atoms with Gasteiger partial charge in [-0.1, -0.05) is 35.3 Å². The van der Waals surface area contributed by atoms with Crippen molar-refractivity contribution in [1.29, 1.82) is 0 Å². The molecule has 1 N–H and O–H groups in total. The second-order valence-electron chi connectivity index (χ2n) is 3.86. The number of hydrogen-bond acceptors (Lipinski definition) is 2. The van der Waals surface area contributed by atoms with E-state index in [1.54, 1.807) is 11.3 Å². The predicted molar refractivity (Wildman–Crippen MR) is 76.0 cm³/mol. The van der Waals surface area contributed by atoms with E-state index in [0.29, 0.717) is 0 Å². The van der Waals surface area contributed by atoms with Gasteiger partial charge in [0.2, 0.25) is 0 Å². The van der Waals surface area contributed by atoms with E-state index in [1.807, 2.05) is 30.3 Å². The van der Waals surface area contributed by atoms with Gasteiger partial charge >= 0.3 is 0 Å². The number of rotatable bonds is 4. The van der Waals surface area contributed by atoms with Gasteiger partial charge in [0.15, 0.2) is 0 Å². The average molecular weight is 286 g/mol. The molecule has 0 aliphatic heterocycles. The number of hydrogen-bond donors (Lipinski definition) is 1. The summed E-state index contributed by atoms with van der Waals surface area (Å²) in [4.78, 5) is 1.24. The van der Waals surface area contributed by atoms with Crippen LogP contribution in [0.4, 0.5) is 0 Å². The van der Waals surface area contributed by atoms with Gasteiger partial charge in [0, 0.05) is 22.5 Å². The molecule has 0 saturated heterocycles. The molecule has 1 atom stereocenters. The van der Waals surface area contributed by atoms with Gasteiger partial charge in [-0.3, -0.25) is 0 Å². The summed E-state index contributed by atoms with van der Waals surface area (Å²) in [6, 6.07) is 12.2. The van der Waals surface area contributed by atoms with Crippen LogP contribution in [-0.2, 0) is 6.54 Å². The summed E-state index contributed by atoms with van der Waals surface area (Å²) in [5, 5.41) is 4.22. The molecule has 0 aliphatic rings. The smallest absolute Gasteiger partial charge is 0.0931 e. The largest absolute Gasteiger partial charge is 0.305 e. The fraction of sp³-hybridized carbons (Fsp3) is 0.231. The van der Waals surface area contributed by atoms with Gasteiger partial charge in [-0.05, 0) is 36.8 Å². The van der Waals surface area contributed by atoms with Crippen LogP contribution in [0, 0.1) is 0 Å². The van der Waals surface area contributed by atoms with E-state index in [1.165, 1.54) is 10.4 Å². The van der Waals surface area contributed by atoms with Crippen LogP contribution in [0.15, 0.2) is 36.4 Å². The van der Waals surface area contributed by atoms with Gasteiger partial charge in [-0.15, -0.1) is 11.3 Å². The highest BCUT2D eigenvalue weighted by Gasteiger charge is 2.06. The molecule has 2 aromatic rings. The van der Waals surface area contributed by atoms with E-state index in [2.05, 4.69) is 18.3 Å². The number of halogens is 2. The first-order valence-corrected chi connectivity index (χ1v) is 6.95. The van der Waals surface area contributed by atoms with Gasteiger partial charge in [0.1, 0.15) is 0 Å². The minimum atomic E-state index is 0.273. The molecule has 4 heteroatoms. The topological polar surface area (TPSA) is 12.0 Å². The molecular weight excluding hydrogens is 273 g/mol. The lowest BCUT2D eigenvalue weighted by Crippen LogP contribution is -2.17. The van der Waals surface area contributed by atoms with E-state index in [0.717, 1.165) is 15.9 Å². The lowest BCUT2D eigenvalue weighted by molar-refractivity contribution is 0.579. The first-order valence-electron chi connectivity index (χ1n) is 5.38. The molecular formula is C13H13Cl2NS. The van der Waals surface area contributed by atoms with Crippen molar-refractivity contribution in [1.82, 2.24) is 5.32 Å². The zero-order valence-corrected chi connectivity index (χ0v) is 11.7. The number of thiophene rings is 1. The SMILES string of the molecule is C[C@H](NCc1ccc(Cl)s1)c1cccc(Cl)c1. The highest BCUT2D eigenvalue weighted by Crippen LogP contribution is 2.22. The highest BCUT2D eigenvalue weighted by atomic mass is 35.5. The van der Waals surface area contributed by atoms with Gasteiger partial charge in [0.25, 0.3) is 0 Å². The zero-order valence-electron chi connectivity index (χ0n) is 9.41. The van der Waals surface area contributed by atoms with Gasteiger partial charge in [-0.2, -0.15) is 0 Å². The van der Waals surface area contributed by atoms with Crippen molar-refractivity contribution in [2.75, 3.05) is 0 Å². The van der Waals surface area contributed by atoms with Crippen LogP contribution < -0.4 is 5.32 Å². The second kappa shape index (κ2) is 5.87. The van der Waals surface area contributed by atoms with Crippen LogP contribution >= 0.6 is 34.5 Å². The van der Waals surface area contributed by atoms with Crippen LogP contribution in [0.25, 0.3) is 0 Å². The number of benzene rings is 1. The first kappa shape index (κ1) is 12.9. The second-order valence-corrected chi connectivity index (χ2v) is 6.10. The summed E-state index contributed by atoms with van der Waals surface area (Å²) in [5.74, 6) is 0. The molecule has 1 aromatic carbocycles. The van der Waals surface area contributed by atoms with E-state index in [9.17, 15) is 0 Å². The van der Waals surface area contributed by atoms with Crippen molar-refractivity contribution >= 4 is 34.5 Å². The molecule has 17 heavy (non-hydrogen) atoms. The summed E-state index contributed by atoms with van der Waals surface area (Å²) in [6.07, 6.45) is 0. The molecule has 0 amide bonds. The molecule has 1 heterocycles. The molecule has 1 nitrogen and oxygen atoms in total. The van der Waals surface area contributed by atoms with Crippen LogP contribution in [0.2, 0.25) is 9.36 Å². The minimum Gasteiger partial charge on any atom is -0.305 e. The van der Waals surface area contributed by atoms with Gasteiger partial charge < -0.3 is 5.32 Å². The van der Waals surface area contributed by atoms with Crippen molar-refractivity contribution < 1.29 is 0 Å². The molecule has 0 spiro atoms. The molecule has 90 valence electrons. The lowest BCUT2D eigenvalue weighted by Gasteiger charge is -2.13. The Morgan fingerprint density at radius 2 is 2.06 bits per heavy atom. The third-order valence-corrected chi connectivity index (χ3v) is 4.03. The summed E-state index contributed by atoms with van der Waals surface area (Å²) >= 11 is 13.5. The van der Waals surface area contributed by atoms with Crippen molar-refractivity contribution in [2.45, 2.75) is 19.5 Å². The lowest BCUT2D eigenvalue weighted by atomic mass is 10.1. The Bertz CT molecular complexity index is 496. The maximum absolute atomic E-state index is 5.97. The van der Waals surface area contributed by atoms with Crippen molar-refractivity contribution in [3.8, 4) is 0 Å². The molecule has 0 bridgehead atoms. The summed E-state index contributed by atoms with van der Waals surface area (Å²) < 4.78 is 0.831. The maximum Gasteiger partial charge on any atom is 0.0931 e. The molecule has 0 unspecified atom stereocenters. The Labute approximate surface area is 115 Å². The summed E-state index contributed by atoms with van der Waals surface area (Å²) in [6.45, 7) is 2.95. The Balaban J connectivity index is 1.95. The van der Waals surface area contributed by atoms with Crippen molar-refractivity contribution in [2.24, 2.45) is 0 Å². The van der Waals surface area contributed by atoms with E-state index >= 15 is 0 Å². The predicted octanol–water partition coefficient (Wildman–Crippen LogP) is 4.91. The van der Waals surface area contributed by atoms with Crippen molar-refractivity contribution in [3.05, 3.63) is 56.2 Å². The quantitative estimate of drug-likeness (QED) is 0.842. The molecule has 1 aromatic heterocycles. The third-order valence-electron chi connectivity index (χ3n) is 2.56. The van der Waals surface area contributed by atoms with Crippen LogP contribution in [0.5, 0.6) is 0 Å². The van der Waals surface area contributed by atoms with E-state index < -0.39 is 0 Å². The third kappa shape index (κ3) is 3.71. The van der Waals surface area contributed by atoms with E-state index in [-0.39, 0.29) is 6.04 Å². The highest BCUT2D eigenvalue weighted by molar-refractivity contribution is 7.16. The Morgan fingerprint density at radius 3 is 2.71 bits per heavy atom. The summed E-state index contributed by atoms with van der Waals surface area (Å²) in [5.41, 5.74) is 1.19. The van der Waals surface area contributed by atoms with Crippen LogP contribution in [0.3, 0.4) is 0 Å². The molecule has 0 saturated carbocycles. The zero-order chi connectivity index (χ0) is 12.3. The van der Waals surface area contributed by atoms with Gasteiger partial charge in [-0.25, -0.2) is 0 Å². The maximum atomic E-state index is 5.97.